The van der Waals surface area contributed by atoms with Crippen LogP contribution in [0, 0.1) is 18.6 Å². The Kier molecular flexibility index (Phi) is 5.59. The van der Waals surface area contributed by atoms with E-state index in [-0.39, 0.29) is 5.69 Å². The molecule has 0 N–H and O–H groups in total. The first-order valence-electron chi connectivity index (χ1n) is 9.55. The monoisotopic (exact) mass is 457 g/mol. The number of rotatable bonds is 3. The third-order valence-corrected chi connectivity index (χ3v) is 6.36. The third kappa shape index (κ3) is 3.84. The molecule has 1 aliphatic heterocycles. The highest BCUT2D eigenvalue weighted by Gasteiger charge is 2.37. The van der Waals surface area contributed by atoms with Gasteiger partial charge in [0.2, 0.25) is 0 Å². The van der Waals surface area contributed by atoms with Crippen molar-refractivity contribution in [3.05, 3.63) is 41.0 Å². The zero-order valence-corrected chi connectivity index (χ0v) is 17.9. The van der Waals surface area contributed by atoms with Crippen molar-refractivity contribution in [2.24, 2.45) is 7.05 Å². The Morgan fingerprint density at radius 3 is 2.32 bits per heavy atom. The van der Waals surface area contributed by atoms with Crippen molar-refractivity contribution in [3.8, 4) is 11.3 Å². The Hall–Kier alpha value is -2.40. The van der Waals surface area contributed by atoms with E-state index >= 15 is 0 Å². The van der Waals surface area contributed by atoms with Crippen molar-refractivity contribution in [2.45, 2.75) is 13.1 Å². The minimum Gasteiger partial charge on any atom is -0.354 e. The van der Waals surface area contributed by atoms with Gasteiger partial charge in [-0.15, -0.1) is 0 Å². The minimum absolute atomic E-state index is 0.00477. The molecular formula is C20H20F5N5S. The molecule has 0 unspecified atom stereocenters. The van der Waals surface area contributed by atoms with Gasteiger partial charge in [0.1, 0.15) is 23.1 Å². The van der Waals surface area contributed by atoms with E-state index in [1.165, 1.54) is 4.68 Å². The van der Waals surface area contributed by atoms with Crippen LogP contribution in [0.1, 0.15) is 11.1 Å². The summed E-state index contributed by atoms with van der Waals surface area (Å²) < 4.78 is 72.4. The second-order valence-electron chi connectivity index (χ2n) is 7.33. The number of alkyl halides is 3. The molecule has 0 atom stereocenters. The number of aryl methyl sites for hydroxylation is 1. The second kappa shape index (κ2) is 7.94. The lowest BCUT2D eigenvalue weighted by molar-refractivity contribution is -0.140. The smallest absolute Gasteiger partial charge is 0.354 e. The number of piperazine rings is 1. The van der Waals surface area contributed by atoms with Gasteiger partial charge < -0.3 is 4.90 Å². The maximum absolute atomic E-state index is 14.8. The molecular weight excluding hydrogens is 437 g/mol. The Morgan fingerprint density at radius 2 is 1.71 bits per heavy atom. The second-order valence-corrected chi connectivity index (χ2v) is 8.22. The summed E-state index contributed by atoms with van der Waals surface area (Å²) in [4.78, 5) is 6.73. The lowest BCUT2D eigenvalue weighted by Gasteiger charge is -2.33. The summed E-state index contributed by atoms with van der Waals surface area (Å²) in [6.45, 7) is 4.30. The summed E-state index contributed by atoms with van der Waals surface area (Å²) in [6, 6.07) is 3.91. The number of nitrogens with zero attached hydrogens (tertiary/aromatic N) is 5. The first-order valence-corrected chi connectivity index (χ1v) is 10.7. The molecule has 1 aliphatic rings. The fraction of sp³-hybridized carbons (Fsp3) is 0.400. The van der Waals surface area contributed by atoms with Crippen molar-refractivity contribution < 1.29 is 22.0 Å². The number of fused-ring (bicyclic) bond motifs is 1. The average molecular weight is 457 g/mol. The predicted octanol–water partition coefficient (Wildman–Crippen LogP) is 4.64. The number of hydrogen-bond acceptors (Lipinski definition) is 5. The van der Waals surface area contributed by atoms with Gasteiger partial charge in [-0.25, -0.2) is 22.8 Å². The summed E-state index contributed by atoms with van der Waals surface area (Å²) >= 11 is 1.69. The Bertz CT molecular complexity index is 1140. The van der Waals surface area contributed by atoms with Gasteiger partial charge in [0.15, 0.2) is 5.65 Å². The number of anilines is 1. The summed E-state index contributed by atoms with van der Waals surface area (Å²) in [7, 11) is 1.59. The van der Waals surface area contributed by atoms with Gasteiger partial charge in [0.25, 0.3) is 0 Å². The maximum atomic E-state index is 14.8. The molecule has 1 saturated heterocycles. The first kappa shape index (κ1) is 21.8. The van der Waals surface area contributed by atoms with Gasteiger partial charge in [0.05, 0.1) is 5.56 Å². The predicted molar refractivity (Wildman–Crippen MR) is 111 cm³/mol. The number of hydrogen-bond donors (Lipinski definition) is 0. The molecule has 4 rings (SSSR count). The normalized spacial score (nSPS) is 15.8. The van der Waals surface area contributed by atoms with Crippen LogP contribution in [0.4, 0.5) is 27.8 Å². The van der Waals surface area contributed by atoms with E-state index in [0.29, 0.717) is 17.1 Å². The van der Waals surface area contributed by atoms with Gasteiger partial charge >= 0.3 is 6.18 Å². The van der Waals surface area contributed by atoms with Crippen molar-refractivity contribution in [1.82, 2.24) is 19.1 Å². The molecule has 0 amide bonds. The molecule has 0 spiro atoms. The van der Waals surface area contributed by atoms with E-state index < -0.39 is 34.5 Å². The molecule has 0 aliphatic carbocycles. The van der Waals surface area contributed by atoms with Crippen molar-refractivity contribution in [2.75, 3.05) is 37.3 Å². The Balaban J connectivity index is 1.79. The van der Waals surface area contributed by atoms with E-state index in [4.69, 9.17) is 0 Å². The zero-order valence-electron chi connectivity index (χ0n) is 17.1. The van der Waals surface area contributed by atoms with Crippen LogP contribution in [0.5, 0.6) is 0 Å². The van der Waals surface area contributed by atoms with Crippen molar-refractivity contribution in [1.29, 1.82) is 0 Å². The largest absolute Gasteiger partial charge is 0.419 e. The third-order valence-electron chi connectivity index (χ3n) is 5.47. The first-order chi connectivity index (χ1) is 14.6. The molecule has 3 aromatic rings. The molecule has 0 saturated carbocycles. The van der Waals surface area contributed by atoms with E-state index in [1.807, 2.05) is 6.26 Å². The highest BCUT2D eigenvalue weighted by atomic mass is 32.2. The quantitative estimate of drug-likeness (QED) is 0.423. The molecule has 1 fully saturated rings. The van der Waals surface area contributed by atoms with Gasteiger partial charge in [-0.2, -0.15) is 18.3 Å². The molecule has 1 aromatic carbocycles. The fourth-order valence-corrected chi connectivity index (χ4v) is 4.27. The van der Waals surface area contributed by atoms with E-state index in [1.54, 1.807) is 31.1 Å². The number of aromatic nitrogens is 3. The highest BCUT2D eigenvalue weighted by molar-refractivity contribution is 7.96. The Labute approximate surface area is 180 Å². The molecule has 166 valence electrons. The molecule has 0 bridgehead atoms. The summed E-state index contributed by atoms with van der Waals surface area (Å²) in [5.74, 6) is -1.96. The molecule has 0 radical (unpaired) electrons. The van der Waals surface area contributed by atoms with Crippen LogP contribution < -0.4 is 4.90 Å². The van der Waals surface area contributed by atoms with Gasteiger partial charge in [0, 0.05) is 49.7 Å². The highest BCUT2D eigenvalue weighted by Crippen LogP contribution is 2.39. The van der Waals surface area contributed by atoms with Crippen LogP contribution in [-0.4, -0.2) is 51.5 Å². The van der Waals surface area contributed by atoms with Crippen LogP contribution in [0.15, 0.2) is 18.2 Å². The lowest BCUT2D eigenvalue weighted by atomic mass is 10.0. The number of halogens is 5. The molecule has 2 aromatic heterocycles. The molecule has 5 nitrogen and oxygen atoms in total. The van der Waals surface area contributed by atoms with Gasteiger partial charge in [-0.3, -0.25) is 0 Å². The number of benzene rings is 1. The fourth-order valence-electron chi connectivity index (χ4n) is 3.75. The summed E-state index contributed by atoms with van der Waals surface area (Å²) in [6.07, 6.45) is -2.93. The zero-order chi connectivity index (χ0) is 22.5. The SMILES string of the molecule is CSN1CCN(c2ccc3c(-c4cc(C(F)(F)F)c(F)c(C)c4F)nn(C)c3n2)CC1. The van der Waals surface area contributed by atoms with Crippen molar-refractivity contribution in [3.63, 3.8) is 0 Å². The Morgan fingerprint density at radius 1 is 1.03 bits per heavy atom. The van der Waals surface area contributed by atoms with Gasteiger partial charge in [-0.05, 0) is 31.4 Å². The van der Waals surface area contributed by atoms with Crippen LogP contribution >= 0.6 is 11.9 Å². The van der Waals surface area contributed by atoms with Crippen LogP contribution in [0.3, 0.4) is 0 Å². The number of pyridine rings is 1. The standard InChI is InChI=1S/C20H20F5N5S/c1-11-16(21)13(10-14(17(11)22)20(23,24)25)18-12-4-5-15(26-19(12)28(2)27-18)29-6-8-30(31-3)9-7-29/h4-5,10H,6-9H2,1-3H3. The van der Waals surface area contributed by atoms with Crippen LogP contribution in [0.25, 0.3) is 22.3 Å². The van der Waals surface area contributed by atoms with Crippen LogP contribution in [-0.2, 0) is 13.2 Å². The lowest BCUT2D eigenvalue weighted by Crippen LogP contribution is -2.43. The topological polar surface area (TPSA) is 37.2 Å². The molecule has 31 heavy (non-hydrogen) atoms. The maximum Gasteiger partial charge on any atom is 0.419 e. The molecule has 11 heteroatoms. The summed E-state index contributed by atoms with van der Waals surface area (Å²) in [5.41, 5.74) is -2.21. The van der Waals surface area contributed by atoms with E-state index in [9.17, 15) is 22.0 Å². The van der Waals surface area contributed by atoms with Crippen molar-refractivity contribution >= 4 is 28.8 Å². The van der Waals surface area contributed by atoms with E-state index in [0.717, 1.165) is 38.9 Å². The van der Waals surface area contributed by atoms with E-state index in [2.05, 4.69) is 19.3 Å². The summed E-state index contributed by atoms with van der Waals surface area (Å²) in [5, 5.41) is 4.62. The average Bonchev–Trinajstić information content (AvgIpc) is 3.07. The minimum atomic E-state index is -4.95. The molecule has 3 heterocycles. The van der Waals surface area contributed by atoms with Crippen LogP contribution in [0.2, 0.25) is 0 Å². The van der Waals surface area contributed by atoms with Gasteiger partial charge in [-0.1, -0.05) is 11.9 Å².